The van der Waals surface area contributed by atoms with Gasteiger partial charge >= 0.3 is 0 Å². The molecule has 0 unspecified atom stereocenters. The fourth-order valence-corrected chi connectivity index (χ4v) is 3.20. The van der Waals surface area contributed by atoms with E-state index >= 15 is 0 Å². The van der Waals surface area contributed by atoms with Crippen LogP contribution in [-0.2, 0) is 9.84 Å². The van der Waals surface area contributed by atoms with Crippen molar-refractivity contribution in [2.75, 3.05) is 25.2 Å². The summed E-state index contributed by atoms with van der Waals surface area (Å²) in [4.78, 5) is 8.38. The molecule has 0 aliphatic heterocycles. The van der Waals surface area contributed by atoms with E-state index < -0.39 is 9.84 Å². The zero-order valence-electron chi connectivity index (χ0n) is 12.5. The van der Waals surface area contributed by atoms with Crippen molar-refractivity contribution in [1.82, 2.24) is 15.3 Å². The van der Waals surface area contributed by atoms with Gasteiger partial charge in [-0.25, -0.2) is 18.4 Å². The molecule has 0 amide bonds. The van der Waals surface area contributed by atoms with Gasteiger partial charge in [-0.1, -0.05) is 0 Å². The van der Waals surface area contributed by atoms with Gasteiger partial charge in [0, 0.05) is 30.3 Å². The molecule has 0 atom stereocenters. The Bertz CT molecular complexity index is 631. The van der Waals surface area contributed by atoms with E-state index in [0.717, 1.165) is 44.2 Å². The minimum atomic E-state index is -3.38. The third-order valence-corrected chi connectivity index (χ3v) is 5.35. The molecule has 3 rings (SSSR count). The Morgan fingerprint density at radius 1 is 1.33 bits per heavy atom. The van der Waals surface area contributed by atoms with Gasteiger partial charge < -0.3 is 10.6 Å². The molecule has 0 aromatic carbocycles. The van der Waals surface area contributed by atoms with Crippen LogP contribution in [0.3, 0.4) is 0 Å². The number of hydrogen-bond acceptors (Lipinski definition) is 6. The molecule has 2 N–H and O–H groups in total. The molecule has 116 valence electrons. The summed E-state index contributed by atoms with van der Waals surface area (Å²) in [7, 11) is -1.41. The molecule has 2 aliphatic carbocycles. The molecule has 21 heavy (non-hydrogen) atoms. The molecular weight excluding hydrogens is 288 g/mol. The number of sulfone groups is 1. The van der Waals surface area contributed by atoms with Gasteiger partial charge in [-0.3, -0.25) is 0 Å². The van der Waals surface area contributed by atoms with Crippen LogP contribution >= 0.6 is 0 Å². The summed E-state index contributed by atoms with van der Waals surface area (Å²) in [6.45, 7) is 0.758. The Labute approximate surface area is 125 Å². The van der Waals surface area contributed by atoms with Crippen LogP contribution in [0.1, 0.15) is 43.7 Å². The van der Waals surface area contributed by atoms with Crippen molar-refractivity contribution in [3.8, 4) is 0 Å². The van der Waals surface area contributed by atoms with Crippen LogP contribution in [0, 0.1) is 0 Å². The van der Waals surface area contributed by atoms with Crippen molar-refractivity contribution in [2.24, 2.45) is 0 Å². The molecule has 1 aromatic rings. The fraction of sp³-hybridized carbons (Fsp3) is 0.714. The summed E-state index contributed by atoms with van der Waals surface area (Å²) < 4.78 is 23.5. The third kappa shape index (κ3) is 3.18. The lowest BCUT2D eigenvalue weighted by atomic mass is 9.77. The summed E-state index contributed by atoms with van der Waals surface area (Å²) in [6, 6.07) is 1.90. The molecular formula is C14H22N4O2S. The quantitative estimate of drug-likeness (QED) is 0.771. The van der Waals surface area contributed by atoms with Crippen LogP contribution in [0.2, 0.25) is 0 Å². The number of rotatable bonds is 6. The van der Waals surface area contributed by atoms with Crippen molar-refractivity contribution in [3.05, 3.63) is 11.8 Å². The number of nitrogens with one attached hydrogen (secondary N) is 2. The fourth-order valence-electron chi connectivity index (χ4n) is 2.67. The van der Waals surface area contributed by atoms with E-state index in [0.29, 0.717) is 11.7 Å². The zero-order valence-corrected chi connectivity index (χ0v) is 13.3. The topological polar surface area (TPSA) is 84.0 Å². The van der Waals surface area contributed by atoms with Crippen molar-refractivity contribution in [3.63, 3.8) is 0 Å². The average molecular weight is 310 g/mol. The summed E-state index contributed by atoms with van der Waals surface area (Å²) in [5.41, 5.74) is 0.968. The summed E-state index contributed by atoms with van der Waals surface area (Å²) in [5, 5.41) is 6.58. The van der Waals surface area contributed by atoms with E-state index in [9.17, 15) is 8.42 Å². The number of hydrogen-bond donors (Lipinski definition) is 2. The lowest BCUT2D eigenvalue weighted by Gasteiger charge is -2.42. The van der Waals surface area contributed by atoms with Gasteiger partial charge in [0.15, 0.2) is 0 Å². The first-order chi connectivity index (χ1) is 9.92. The predicted molar refractivity (Wildman–Crippen MR) is 81.2 cm³/mol. The highest BCUT2D eigenvalue weighted by molar-refractivity contribution is 7.90. The highest BCUT2D eigenvalue weighted by atomic mass is 32.2. The predicted octanol–water partition coefficient (Wildman–Crippen LogP) is 1.31. The van der Waals surface area contributed by atoms with Gasteiger partial charge in [-0.2, -0.15) is 0 Å². The molecule has 0 radical (unpaired) electrons. The summed E-state index contributed by atoms with van der Waals surface area (Å²) >= 11 is 0. The number of anilines is 1. The zero-order chi connectivity index (χ0) is 15.1. The highest BCUT2D eigenvalue weighted by Gasteiger charge is 2.35. The molecule has 2 fully saturated rings. The Morgan fingerprint density at radius 2 is 2.05 bits per heavy atom. The SMILES string of the molecule is CNC1(CNc2cc(C3CC3)nc(S(C)(=O)=O)n2)CCC1. The molecule has 7 heteroatoms. The first-order valence-electron chi connectivity index (χ1n) is 7.44. The van der Waals surface area contributed by atoms with E-state index in [-0.39, 0.29) is 10.7 Å². The Kier molecular flexibility index (Phi) is 3.65. The van der Waals surface area contributed by atoms with Crippen molar-refractivity contribution in [1.29, 1.82) is 0 Å². The van der Waals surface area contributed by atoms with Crippen LogP contribution in [0.15, 0.2) is 11.2 Å². The van der Waals surface area contributed by atoms with E-state index in [4.69, 9.17) is 0 Å². The van der Waals surface area contributed by atoms with E-state index in [1.165, 1.54) is 6.42 Å². The molecule has 1 aromatic heterocycles. The highest BCUT2D eigenvalue weighted by Crippen LogP contribution is 2.40. The Balaban J connectivity index is 1.82. The maximum atomic E-state index is 11.7. The van der Waals surface area contributed by atoms with Gasteiger partial charge in [-0.15, -0.1) is 0 Å². The van der Waals surface area contributed by atoms with Crippen molar-refractivity contribution >= 4 is 15.7 Å². The number of likely N-dealkylation sites (N-methyl/N-ethyl adjacent to an activating group) is 1. The van der Waals surface area contributed by atoms with Gasteiger partial charge in [0.2, 0.25) is 15.0 Å². The second-order valence-electron chi connectivity index (χ2n) is 6.24. The van der Waals surface area contributed by atoms with E-state index in [1.807, 2.05) is 13.1 Å². The molecule has 0 saturated heterocycles. The van der Waals surface area contributed by atoms with Gasteiger partial charge in [0.05, 0.1) is 5.69 Å². The van der Waals surface area contributed by atoms with Gasteiger partial charge in [0.25, 0.3) is 0 Å². The normalized spacial score (nSPS) is 20.9. The minimum Gasteiger partial charge on any atom is -0.368 e. The lowest BCUT2D eigenvalue weighted by Crippen LogP contribution is -2.54. The molecule has 0 spiro atoms. The first-order valence-corrected chi connectivity index (χ1v) is 9.33. The first kappa shape index (κ1) is 14.7. The maximum Gasteiger partial charge on any atom is 0.248 e. The maximum absolute atomic E-state index is 11.7. The Hall–Kier alpha value is -1.21. The molecule has 0 bridgehead atoms. The third-order valence-electron chi connectivity index (χ3n) is 4.50. The van der Waals surface area contributed by atoms with Crippen LogP contribution in [0.4, 0.5) is 5.82 Å². The number of nitrogens with zero attached hydrogens (tertiary/aromatic N) is 2. The molecule has 2 saturated carbocycles. The Morgan fingerprint density at radius 3 is 2.52 bits per heavy atom. The van der Waals surface area contributed by atoms with Crippen LogP contribution in [0.5, 0.6) is 0 Å². The smallest absolute Gasteiger partial charge is 0.248 e. The largest absolute Gasteiger partial charge is 0.368 e. The van der Waals surface area contributed by atoms with Crippen LogP contribution in [0.25, 0.3) is 0 Å². The van der Waals surface area contributed by atoms with E-state index in [2.05, 4.69) is 20.6 Å². The minimum absolute atomic E-state index is 0.0680. The second-order valence-corrected chi connectivity index (χ2v) is 8.15. The molecule has 1 heterocycles. The van der Waals surface area contributed by atoms with Crippen molar-refractivity contribution < 1.29 is 8.42 Å². The summed E-state index contributed by atoms with van der Waals surface area (Å²) in [6.07, 6.45) is 6.82. The van der Waals surface area contributed by atoms with Crippen LogP contribution in [-0.4, -0.2) is 43.8 Å². The molecule has 2 aliphatic rings. The standard InChI is InChI=1S/C14H22N4O2S/c1-15-14(6-3-7-14)9-16-12-8-11(10-4-5-10)17-13(18-12)21(2,19)20/h8,10,15H,3-7,9H2,1-2H3,(H,16,17,18). The van der Waals surface area contributed by atoms with Gasteiger partial charge in [0.1, 0.15) is 5.82 Å². The van der Waals surface area contributed by atoms with E-state index in [1.54, 1.807) is 0 Å². The lowest BCUT2D eigenvalue weighted by molar-refractivity contribution is 0.214. The average Bonchev–Trinajstić information content (AvgIpc) is 3.21. The monoisotopic (exact) mass is 310 g/mol. The summed E-state index contributed by atoms with van der Waals surface area (Å²) in [5.74, 6) is 1.02. The molecule has 6 nitrogen and oxygen atoms in total. The van der Waals surface area contributed by atoms with Crippen LogP contribution < -0.4 is 10.6 Å². The van der Waals surface area contributed by atoms with Gasteiger partial charge in [-0.05, 0) is 39.2 Å². The van der Waals surface area contributed by atoms with Crippen molar-refractivity contribution in [2.45, 2.75) is 48.7 Å². The number of aromatic nitrogens is 2. The second kappa shape index (κ2) is 5.21.